The molecule has 1 heterocycles. The fourth-order valence-corrected chi connectivity index (χ4v) is 3.66. The van der Waals surface area contributed by atoms with E-state index in [0.717, 1.165) is 11.3 Å². The Morgan fingerprint density at radius 2 is 1.93 bits per heavy atom. The molecule has 0 aliphatic carbocycles. The van der Waals surface area contributed by atoms with E-state index < -0.39 is 10.0 Å². The number of carbonyl (C=O) groups is 1. The molecule has 0 unspecified atom stereocenters. The van der Waals surface area contributed by atoms with Gasteiger partial charge in [-0.3, -0.25) is 4.79 Å². The van der Waals surface area contributed by atoms with Crippen molar-refractivity contribution >= 4 is 27.5 Å². The number of sulfonamides is 1. The van der Waals surface area contributed by atoms with Gasteiger partial charge < -0.3 is 4.90 Å². The summed E-state index contributed by atoms with van der Waals surface area (Å²) in [6.45, 7) is 0.305. The molecule has 0 aliphatic rings. The van der Waals surface area contributed by atoms with Gasteiger partial charge >= 0.3 is 0 Å². The molecule has 0 fully saturated rings. The SMILES string of the molecule is CN(Cc1cnn(-c2ccccc2)c1)C(=O)c1ccc(Cl)c(S(N)(=O)=O)c1. The van der Waals surface area contributed by atoms with Crippen molar-refractivity contribution in [1.82, 2.24) is 14.7 Å². The summed E-state index contributed by atoms with van der Waals surface area (Å²) in [6, 6.07) is 13.6. The zero-order valence-corrected chi connectivity index (χ0v) is 16.0. The third-order valence-corrected chi connectivity index (χ3v) is 5.30. The fourth-order valence-electron chi connectivity index (χ4n) is 2.58. The van der Waals surface area contributed by atoms with Crippen LogP contribution in [0.15, 0.2) is 65.8 Å². The van der Waals surface area contributed by atoms with Gasteiger partial charge in [0.25, 0.3) is 5.91 Å². The van der Waals surface area contributed by atoms with Gasteiger partial charge in [-0.15, -0.1) is 0 Å². The molecule has 0 saturated heterocycles. The van der Waals surface area contributed by atoms with E-state index in [0.29, 0.717) is 6.54 Å². The molecule has 2 aromatic carbocycles. The Labute approximate surface area is 162 Å². The van der Waals surface area contributed by atoms with Gasteiger partial charge in [-0.25, -0.2) is 18.2 Å². The number of nitrogens with zero attached hydrogens (tertiary/aromatic N) is 3. The van der Waals surface area contributed by atoms with E-state index in [1.807, 2.05) is 36.5 Å². The van der Waals surface area contributed by atoms with E-state index in [9.17, 15) is 13.2 Å². The van der Waals surface area contributed by atoms with Crippen LogP contribution in [0.5, 0.6) is 0 Å². The number of nitrogens with two attached hydrogens (primary N) is 1. The Hall–Kier alpha value is -2.68. The van der Waals surface area contributed by atoms with E-state index in [1.54, 1.807) is 17.9 Å². The second-order valence-electron chi connectivity index (χ2n) is 5.98. The van der Waals surface area contributed by atoms with Gasteiger partial charge in [0, 0.05) is 30.9 Å². The minimum atomic E-state index is -4.02. The van der Waals surface area contributed by atoms with Crippen molar-refractivity contribution in [3.05, 3.63) is 77.1 Å². The Kier molecular flexibility index (Phi) is 5.31. The summed E-state index contributed by atoms with van der Waals surface area (Å²) >= 11 is 5.86. The molecular formula is C18H17ClN4O3S. The number of hydrogen-bond acceptors (Lipinski definition) is 4. The largest absolute Gasteiger partial charge is 0.337 e. The van der Waals surface area contributed by atoms with Crippen LogP contribution in [0, 0.1) is 0 Å². The summed E-state index contributed by atoms with van der Waals surface area (Å²) in [5.74, 6) is -0.357. The average Bonchev–Trinajstić information content (AvgIpc) is 3.09. The van der Waals surface area contributed by atoms with Crippen molar-refractivity contribution in [3.63, 3.8) is 0 Å². The van der Waals surface area contributed by atoms with E-state index in [2.05, 4.69) is 5.10 Å². The highest BCUT2D eigenvalue weighted by Crippen LogP contribution is 2.22. The molecule has 0 radical (unpaired) electrons. The molecular weight excluding hydrogens is 388 g/mol. The van der Waals surface area contributed by atoms with Crippen LogP contribution in [-0.4, -0.2) is 36.1 Å². The van der Waals surface area contributed by atoms with E-state index in [4.69, 9.17) is 16.7 Å². The lowest BCUT2D eigenvalue weighted by Crippen LogP contribution is -2.26. The molecule has 0 atom stereocenters. The van der Waals surface area contributed by atoms with Gasteiger partial charge in [-0.05, 0) is 30.3 Å². The van der Waals surface area contributed by atoms with Crippen molar-refractivity contribution in [3.8, 4) is 5.69 Å². The van der Waals surface area contributed by atoms with Gasteiger partial charge in [0.1, 0.15) is 4.90 Å². The highest BCUT2D eigenvalue weighted by molar-refractivity contribution is 7.89. The maximum absolute atomic E-state index is 12.6. The summed E-state index contributed by atoms with van der Waals surface area (Å²) in [5.41, 5.74) is 1.92. The predicted molar refractivity (Wildman–Crippen MR) is 102 cm³/mol. The van der Waals surface area contributed by atoms with Gasteiger partial charge in [-0.1, -0.05) is 29.8 Å². The highest BCUT2D eigenvalue weighted by Gasteiger charge is 2.19. The maximum Gasteiger partial charge on any atom is 0.253 e. The fraction of sp³-hybridized carbons (Fsp3) is 0.111. The number of primary sulfonamides is 1. The number of amides is 1. The van der Waals surface area contributed by atoms with Gasteiger partial charge in [0.15, 0.2) is 0 Å². The summed E-state index contributed by atoms with van der Waals surface area (Å²) in [4.78, 5) is 13.8. The minimum absolute atomic E-state index is 0.0270. The Bertz CT molecular complexity index is 1080. The van der Waals surface area contributed by atoms with Crippen LogP contribution >= 0.6 is 11.6 Å². The van der Waals surface area contributed by atoms with Crippen molar-refractivity contribution < 1.29 is 13.2 Å². The van der Waals surface area contributed by atoms with Crippen molar-refractivity contribution in [2.45, 2.75) is 11.4 Å². The Morgan fingerprint density at radius 3 is 2.59 bits per heavy atom. The van der Waals surface area contributed by atoms with Crippen LogP contribution in [0.25, 0.3) is 5.69 Å². The van der Waals surface area contributed by atoms with Crippen LogP contribution in [-0.2, 0) is 16.6 Å². The zero-order chi connectivity index (χ0) is 19.6. The zero-order valence-electron chi connectivity index (χ0n) is 14.4. The summed E-state index contributed by atoms with van der Waals surface area (Å²) < 4.78 is 24.9. The molecule has 3 aromatic rings. The number of rotatable bonds is 5. The molecule has 0 spiro atoms. The Balaban J connectivity index is 1.78. The normalized spacial score (nSPS) is 11.4. The number of hydrogen-bond donors (Lipinski definition) is 1. The third-order valence-electron chi connectivity index (χ3n) is 3.91. The third kappa shape index (κ3) is 4.36. The quantitative estimate of drug-likeness (QED) is 0.706. The van der Waals surface area contributed by atoms with E-state index in [-0.39, 0.29) is 21.4 Å². The van der Waals surface area contributed by atoms with E-state index >= 15 is 0 Å². The first-order valence-electron chi connectivity index (χ1n) is 7.92. The predicted octanol–water partition coefficient (Wildman–Crippen LogP) is 2.45. The summed E-state index contributed by atoms with van der Waals surface area (Å²) in [7, 11) is -2.40. The van der Waals surface area contributed by atoms with Crippen LogP contribution in [0.3, 0.4) is 0 Å². The molecule has 140 valence electrons. The smallest absolute Gasteiger partial charge is 0.253 e. The first kappa shape index (κ1) is 19.1. The molecule has 7 nitrogen and oxygen atoms in total. The van der Waals surface area contributed by atoms with Crippen LogP contribution in [0.4, 0.5) is 0 Å². The van der Waals surface area contributed by atoms with Crippen LogP contribution < -0.4 is 5.14 Å². The van der Waals surface area contributed by atoms with Crippen LogP contribution in [0.2, 0.25) is 5.02 Å². The molecule has 27 heavy (non-hydrogen) atoms. The number of aromatic nitrogens is 2. The topological polar surface area (TPSA) is 98.3 Å². The molecule has 3 rings (SSSR count). The summed E-state index contributed by atoms with van der Waals surface area (Å²) in [5, 5.41) is 9.40. The molecule has 1 amide bonds. The van der Waals surface area contributed by atoms with Crippen molar-refractivity contribution in [1.29, 1.82) is 0 Å². The monoisotopic (exact) mass is 404 g/mol. The second-order valence-corrected chi connectivity index (χ2v) is 7.92. The molecule has 0 aliphatic heterocycles. The number of para-hydroxylation sites is 1. The standard InChI is InChI=1S/C18H17ClN4O3S/c1-22(11-13-10-21-23(12-13)15-5-3-2-4-6-15)18(24)14-7-8-16(19)17(9-14)27(20,25)26/h2-10,12H,11H2,1H3,(H2,20,25,26). The summed E-state index contributed by atoms with van der Waals surface area (Å²) in [6.07, 6.45) is 3.51. The first-order chi connectivity index (χ1) is 12.8. The first-order valence-corrected chi connectivity index (χ1v) is 9.85. The molecule has 0 saturated carbocycles. The minimum Gasteiger partial charge on any atom is -0.337 e. The van der Waals surface area contributed by atoms with Gasteiger partial charge in [-0.2, -0.15) is 5.10 Å². The molecule has 9 heteroatoms. The van der Waals surface area contributed by atoms with Crippen molar-refractivity contribution in [2.75, 3.05) is 7.05 Å². The number of carbonyl (C=O) groups excluding carboxylic acids is 1. The average molecular weight is 405 g/mol. The lowest BCUT2D eigenvalue weighted by molar-refractivity contribution is 0.0785. The molecule has 0 bridgehead atoms. The van der Waals surface area contributed by atoms with Crippen molar-refractivity contribution in [2.24, 2.45) is 5.14 Å². The Morgan fingerprint density at radius 1 is 1.22 bits per heavy atom. The number of benzene rings is 2. The lowest BCUT2D eigenvalue weighted by atomic mass is 10.2. The lowest BCUT2D eigenvalue weighted by Gasteiger charge is -2.17. The second kappa shape index (κ2) is 7.51. The van der Waals surface area contributed by atoms with Crippen LogP contribution in [0.1, 0.15) is 15.9 Å². The van der Waals surface area contributed by atoms with Gasteiger partial charge in [0.2, 0.25) is 10.0 Å². The molecule has 1 aromatic heterocycles. The highest BCUT2D eigenvalue weighted by atomic mass is 35.5. The molecule has 2 N–H and O–H groups in total. The number of halogens is 1. The maximum atomic E-state index is 12.6. The van der Waals surface area contributed by atoms with E-state index in [1.165, 1.54) is 23.1 Å². The van der Waals surface area contributed by atoms with Gasteiger partial charge in [0.05, 0.1) is 16.9 Å².